The summed E-state index contributed by atoms with van der Waals surface area (Å²) in [6, 6.07) is 4.74. The Morgan fingerprint density at radius 1 is 1.12 bits per heavy atom. The number of hydrogen-bond acceptors (Lipinski definition) is 4. The van der Waals surface area contributed by atoms with E-state index in [1.54, 1.807) is 38.1 Å². The highest BCUT2D eigenvalue weighted by atomic mass is 16.5. The van der Waals surface area contributed by atoms with Crippen LogP contribution in [0.1, 0.15) is 50.4 Å². The summed E-state index contributed by atoms with van der Waals surface area (Å²) in [6.45, 7) is 5.54. The van der Waals surface area contributed by atoms with Gasteiger partial charge in [0.1, 0.15) is 17.8 Å². The number of aliphatic carboxylic acids is 1. The number of carboxylic acids is 1. The lowest BCUT2D eigenvalue weighted by Gasteiger charge is -2.24. The fourth-order valence-corrected chi connectivity index (χ4v) is 2.43. The Bertz CT molecular complexity index is 613. The number of amides is 2. The Hall–Kier alpha value is -2.57. The zero-order valence-electron chi connectivity index (χ0n) is 15.7. The van der Waals surface area contributed by atoms with Crippen molar-refractivity contribution in [1.29, 1.82) is 0 Å². The Morgan fingerprint density at radius 3 is 2.19 bits per heavy atom. The molecule has 0 fully saturated rings. The average Bonchev–Trinajstić information content (AvgIpc) is 2.62. The molecule has 1 rings (SSSR count). The van der Waals surface area contributed by atoms with Gasteiger partial charge in [0.25, 0.3) is 5.91 Å². The smallest absolute Gasteiger partial charge is 0.326 e. The van der Waals surface area contributed by atoms with Gasteiger partial charge in [-0.05, 0) is 36.6 Å². The number of carbonyl (C=O) groups excluding carboxylic acids is 2. The van der Waals surface area contributed by atoms with Gasteiger partial charge in [0.05, 0.1) is 7.11 Å². The van der Waals surface area contributed by atoms with E-state index >= 15 is 0 Å². The Balaban J connectivity index is 2.81. The average molecular weight is 364 g/mol. The van der Waals surface area contributed by atoms with Crippen molar-refractivity contribution in [2.24, 2.45) is 5.92 Å². The maximum atomic E-state index is 12.5. The van der Waals surface area contributed by atoms with Crippen LogP contribution in [0.4, 0.5) is 0 Å². The van der Waals surface area contributed by atoms with E-state index in [1.807, 2.05) is 6.92 Å². The Morgan fingerprint density at radius 2 is 1.73 bits per heavy atom. The molecule has 26 heavy (non-hydrogen) atoms. The van der Waals surface area contributed by atoms with E-state index in [9.17, 15) is 19.5 Å². The monoisotopic (exact) mass is 364 g/mol. The van der Waals surface area contributed by atoms with E-state index < -0.39 is 29.9 Å². The molecule has 0 bridgehead atoms. The maximum Gasteiger partial charge on any atom is 0.326 e. The number of carbonyl (C=O) groups is 3. The number of hydrogen-bond donors (Lipinski definition) is 3. The summed E-state index contributed by atoms with van der Waals surface area (Å²) in [5.74, 6) is -1.54. The van der Waals surface area contributed by atoms with Gasteiger partial charge in [0.15, 0.2) is 0 Å². The standard InChI is InChI=1S/C19H28N2O5/c1-5-6-7-15(19(24)25)20-18(23)16(12(2)3)21-17(22)13-8-10-14(26-4)11-9-13/h8-12,15-16H,5-7H2,1-4H3,(H,20,23)(H,21,22)(H,24,25). The third-order valence-electron chi connectivity index (χ3n) is 4.05. The molecule has 1 aromatic carbocycles. The number of ether oxygens (including phenoxy) is 1. The minimum Gasteiger partial charge on any atom is -0.497 e. The van der Waals surface area contributed by atoms with Crippen LogP contribution in [0, 0.1) is 5.92 Å². The van der Waals surface area contributed by atoms with Gasteiger partial charge in [0.2, 0.25) is 5.91 Å². The molecule has 0 radical (unpaired) electrons. The highest BCUT2D eigenvalue weighted by molar-refractivity contribution is 5.98. The van der Waals surface area contributed by atoms with E-state index in [4.69, 9.17) is 4.74 Å². The molecule has 0 aromatic heterocycles. The first-order valence-corrected chi connectivity index (χ1v) is 8.78. The lowest BCUT2D eigenvalue weighted by Crippen LogP contribution is -2.53. The largest absolute Gasteiger partial charge is 0.497 e. The summed E-state index contributed by atoms with van der Waals surface area (Å²) in [7, 11) is 1.53. The molecule has 0 aliphatic carbocycles. The van der Waals surface area contributed by atoms with E-state index in [0.29, 0.717) is 24.2 Å². The van der Waals surface area contributed by atoms with Crippen molar-refractivity contribution in [2.75, 3.05) is 7.11 Å². The SMILES string of the molecule is CCCCC(NC(=O)C(NC(=O)c1ccc(OC)cc1)C(C)C)C(=O)O. The number of benzene rings is 1. The third-order valence-corrected chi connectivity index (χ3v) is 4.05. The second-order valence-corrected chi connectivity index (χ2v) is 6.47. The van der Waals surface area contributed by atoms with Gasteiger partial charge in [-0.1, -0.05) is 33.6 Å². The highest BCUT2D eigenvalue weighted by Gasteiger charge is 2.28. The number of carboxylic acid groups (broad SMARTS) is 1. The van der Waals surface area contributed by atoms with Crippen molar-refractivity contribution in [1.82, 2.24) is 10.6 Å². The molecule has 7 nitrogen and oxygen atoms in total. The van der Waals surface area contributed by atoms with Crippen LogP contribution in [0.2, 0.25) is 0 Å². The van der Waals surface area contributed by atoms with Crippen molar-refractivity contribution < 1.29 is 24.2 Å². The molecule has 0 aliphatic heterocycles. The van der Waals surface area contributed by atoms with Crippen molar-refractivity contribution in [3.63, 3.8) is 0 Å². The number of unbranched alkanes of at least 4 members (excludes halogenated alkanes) is 1. The first-order valence-electron chi connectivity index (χ1n) is 8.78. The van der Waals surface area contributed by atoms with Crippen LogP contribution >= 0.6 is 0 Å². The van der Waals surface area contributed by atoms with Gasteiger partial charge in [0, 0.05) is 5.56 Å². The number of methoxy groups -OCH3 is 1. The van der Waals surface area contributed by atoms with Crippen molar-refractivity contribution in [3.8, 4) is 5.75 Å². The van der Waals surface area contributed by atoms with Crippen LogP contribution < -0.4 is 15.4 Å². The second kappa shape index (κ2) is 10.4. The van der Waals surface area contributed by atoms with Crippen LogP contribution in [0.15, 0.2) is 24.3 Å². The van der Waals surface area contributed by atoms with Gasteiger partial charge in [-0.3, -0.25) is 9.59 Å². The summed E-state index contributed by atoms with van der Waals surface area (Å²) >= 11 is 0. The number of rotatable bonds is 10. The van der Waals surface area contributed by atoms with Gasteiger partial charge < -0.3 is 20.5 Å². The predicted octanol–water partition coefficient (Wildman–Crippen LogP) is 2.21. The summed E-state index contributed by atoms with van der Waals surface area (Å²) in [4.78, 5) is 36.3. The molecule has 144 valence electrons. The van der Waals surface area contributed by atoms with Crippen LogP contribution in [-0.2, 0) is 9.59 Å². The molecule has 0 aliphatic rings. The van der Waals surface area contributed by atoms with Crippen molar-refractivity contribution >= 4 is 17.8 Å². The van der Waals surface area contributed by atoms with Crippen LogP contribution in [0.25, 0.3) is 0 Å². The van der Waals surface area contributed by atoms with E-state index in [1.165, 1.54) is 7.11 Å². The molecule has 2 amide bonds. The molecule has 2 atom stereocenters. The van der Waals surface area contributed by atoms with Gasteiger partial charge >= 0.3 is 5.97 Å². The molecule has 2 unspecified atom stereocenters. The minimum absolute atomic E-state index is 0.196. The van der Waals surface area contributed by atoms with Gasteiger partial charge in [-0.2, -0.15) is 0 Å². The quantitative estimate of drug-likeness (QED) is 0.590. The van der Waals surface area contributed by atoms with Gasteiger partial charge in [-0.25, -0.2) is 4.79 Å². The Kier molecular flexibility index (Phi) is 8.61. The molecule has 1 aromatic rings. The first kappa shape index (κ1) is 21.5. The zero-order valence-corrected chi connectivity index (χ0v) is 15.7. The summed E-state index contributed by atoms with van der Waals surface area (Å²) in [5.41, 5.74) is 0.394. The maximum absolute atomic E-state index is 12.5. The normalized spacial score (nSPS) is 13.0. The molecule has 0 spiro atoms. The van der Waals surface area contributed by atoms with E-state index in [0.717, 1.165) is 6.42 Å². The minimum atomic E-state index is -1.07. The molecule has 0 saturated carbocycles. The molecular formula is C19H28N2O5. The third kappa shape index (κ3) is 6.38. The fraction of sp³-hybridized carbons (Fsp3) is 0.526. The zero-order chi connectivity index (χ0) is 19.7. The topological polar surface area (TPSA) is 105 Å². The first-order chi connectivity index (χ1) is 12.3. The Labute approximate surface area is 154 Å². The van der Waals surface area contributed by atoms with Gasteiger partial charge in [-0.15, -0.1) is 0 Å². The van der Waals surface area contributed by atoms with E-state index in [2.05, 4.69) is 10.6 Å². The summed E-state index contributed by atoms with van der Waals surface area (Å²) in [6.07, 6.45) is 1.89. The lowest BCUT2D eigenvalue weighted by molar-refractivity contribution is -0.142. The van der Waals surface area contributed by atoms with Crippen molar-refractivity contribution in [3.05, 3.63) is 29.8 Å². The molecule has 7 heteroatoms. The highest BCUT2D eigenvalue weighted by Crippen LogP contribution is 2.12. The molecule has 0 heterocycles. The van der Waals surface area contributed by atoms with Crippen molar-refractivity contribution in [2.45, 2.75) is 52.1 Å². The van der Waals surface area contributed by atoms with E-state index in [-0.39, 0.29) is 5.92 Å². The fourth-order valence-electron chi connectivity index (χ4n) is 2.43. The summed E-state index contributed by atoms with van der Waals surface area (Å²) < 4.78 is 5.05. The van der Waals surface area contributed by atoms with Crippen LogP contribution in [0.5, 0.6) is 5.75 Å². The molecule has 0 saturated heterocycles. The second-order valence-electron chi connectivity index (χ2n) is 6.47. The van der Waals surface area contributed by atoms with Crippen LogP contribution in [-0.4, -0.2) is 42.1 Å². The summed E-state index contributed by atoms with van der Waals surface area (Å²) in [5, 5.41) is 14.5. The molecular weight excluding hydrogens is 336 g/mol. The lowest BCUT2D eigenvalue weighted by atomic mass is 10.0. The predicted molar refractivity (Wildman–Crippen MR) is 98.2 cm³/mol. The number of nitrogens with one attached hydrogen (secondary N) is 2. The van der Waals surface area contributed by atoms with Crippen LogP contribution in [0.3, 0.4) is 0 Å². The molecule has 3 N–H and O–H groups in total.